The molecule has 0 saturated carbocycles. The third kappa shape index (κ3) is 7.74. The molecule has 0 aliphatic rings. The van der Waals surface area contributed by atoms with Gasteiger partial charge in [-0.3, -0.25) is 13.9 Å². The Balaban J connectivity index is 2.01. The molecule has 1 unspecified atom stereocenters. The van der Waals surface area contributed by atoms with Gasteiger partial charge in [-0.1, -0.05) is 55.8 Å². The SMILES string of the molecule is CCCNC(=O)C(CC)N(Cc1ccc(OC)cc1)C(=O)CN(c1ccccc1)S(=O)(=O)c1ccc(Cl)cc1. The van der Waals surface area contributed by atoms with E-state index in [-0.39, 0.29) is 17.3 Å². The monoisotopic (exact) mass is 571 g/mol. The van der Waals surface area contributed by atoms with Crippen LogP contribution in [0.1, 0.15) is 32.3 Å². The van der Waals surface area contributed by atoms with Crippen LogP contribution >= 0.6 is 11.6 Å². The lowest BCUT2D eigenvalue weighted by Gasteiger charge is -2.33. The summed E-state index contributed by atoms with van der Waals surface area (Å²) in [5.74, 6) is -0.132. The standard InChI is InChI=1S/C29H34ClN3O5S/c1-4-19-31-29(35)27(5-2)32(20-22-11-15-25(38-3)16-12-22)28(34)21-33(24-9-7-6-8-10-24)39(36,37)26-17-13-23(30)14-18-26/h6-18,27H,4-5,19-21H2,1-3H3,(H,31,35). The number of rotatable bonds is 13. The lowest BCUT2D eigenvalue weighted by molar-refractivity contribution is -0.140. The molecule has 3 aromatic rings. The number of anilines is 1. The number of hydrogen-bond acceptors (Lipinski definition) is 5. The molecule has 0 aliphatic heterocycles. The number of carbonyl (C=O) groups excluding carboxylic acids is 2. The first kappa shape index (κ1) is 30.0. The molecule has 0 aliphatic carbocycles. The Morgan fingerprint density at radius 1 is 0.949 bits per heavy atom. The summed E-state index contributed by atoms with van der Waals surface area (Å²) in [6, 6.07) is 20.6. The van der Waals surface area contributed by atoms with Gasteiger partial charge in [-0.2, -0.15) is 0 Å². The summed E-state index contributed by atoms with van der Waals surface area (Å²) in [6.07, 6.45) is 1.10. The van der Waals surface area contributed by atoms with Crippen molar-refractivity contribution in [3.63, 3.8) is 0 Å². The molecule has 1 N–H and O–H groups in total. The third-order valence-corrected chi connectivity index (χ3v) is 8.21. The van der Waals surface area contributed by atoms with Crippen molar-refractivity contribution in [3.8, 4) is 5.75 Å². The second-order valence-electron chi connectivity index (χ2n) is 8.89. The number of methoxy groups -OCH3 is 1. The van der Waals surface area contributed by atoms with Gasteiger partial charge in [0.15, 0.2) is 0 Å². The van der Waals surface area contributed by atoms with Gasteiger partial charge in [0.25, 0.3) is 10.0 Å². The molecule has 0 spiro atoms. The van der Waals surface area contributed by atoms with E-state index in [1.165, 1.54) is 29.2 Å². The van der Waals surface area contributed by atoms with Crippen molar-refractivity contribution in [2.24, 2.45) is 0 Å². The molecule has 0 saturated heterocycles. The van der Waals surface area contributed by atoms with E-state index < -0.39 is 28.5 Å². The highest BCUT2D eigenvalue weighted by Gasteiger charge is 2.33. The second-order valence-corrected chi connectivity index (χ2v) is 11.2. The zero-order valence-corrected chi connectivity index (χ0v) is 23.9. The maximum atomic E-state index is 14.0. The Bertz CT molecular complexity index is 1330. The van der Waals surface area contributed by atoms with Crippen molar-refractivity contribution in [3.05, 3.63) is 89.4 Å². The van der Waals surface area contributed by atoms with E-state index >= 15 is 0 Å². The molecule has 2 amide bonds. The van der Waals surface area contributed by atoms with Gasteiger partial charge >= 0.3 is 0 Å². The molecule has 3 rings (SSSR count). The average molecular weight is 572 g/mol. The Labute approximate surface area is 235 Å². The van der Waals surface area contributed by atoms with Crippen molar-refractivity contribution in [2.75, 3.05) is 24.5 Å². The Hall–Kier alpha value is -3.56. The summed E-state index contributed by atoms with van der Waals surface area (Å²) in [4.78, 5) is 28.5. The molecular formula is C29H34ClN3O5S. The number of hydrogen-bond donors (Lipinski definition) is 1. The summed E-state index contributed by atoms with van der Waals surface area (Å²) in [7, 11) is -2.57. The first-order valence-corrected chi connectivity index (χ1v) is 14.6. The highest BCUT2D eigenvalue weighted by atomic mass is 35.5. The van der Waals surface area contributed by atoms with Crippen LogP contribution in [0.3, 0.4) is 0 Å². The third-order valence-electron chi connectivity index (χ3n) is 6.17. The van der Waals surface area contributed by atoms with E-state index in [1.54, 1.807) is 49.6 Å². The average Bonchev–Trinajstić information content (AvgIpc) is 2.95. The normalized spacial score (nSPS) is 11.9. The van der Waals surface area contributed by atoms with Crippen LogP contribution in [0, 0.1) is 0 Å². The van der Waals surface area contributed by atoms with Gasteiger partial charge in [-0.25, -0.2) is 8.42 Å². The van der Waals surface area contributed by atoms with Crippen molar-refractivity contribution in [2.45, 2.75) is 44.2 Å². The van der Waals surface area contributed by atoms with Gasteiger partial charge in [-0.05, 0) is 66.9 Å². The van der Waals surface area contributed by atoms with Crippen LogP contribution in [0.15, 0.2) is 83.8 Å². The van der Waals surface area contributed by atoms with Gasteiger partial charge in [-0.15, -0.1) is 0 Å². The van der Waals surface area contributed by atoms with E-state index in [9.17, 15) is 18.0 Å². The van der Waals surface area contributed by atoms with E-state index in [0.717, 1.165) is 16.3 Å². The molecule has 0 fully saturated rings. The highest BCUT2D eigenvalue weighted by molar-refractivity contribution is 7.92. The van der Waals surface area contributed by atoms with Crippen molar-refractivity contribution in [1.82, 2.24) is 10.2 Å². The first-order chi connectivity index (χ1) is 18.7. The van der Waals surface area contributed by atoms with Crippen LogP contribution in [-0.2, 0) is 26.2 Å². The minimum atomic E-state index is -4.14. The van der Waals surface area contributed by atoms with Crippen molar-refractivity contribution in [1.29, 1.82) is 0 Å². The van der Waals surface area contributed by atoms with Gasteiger partial charge in [0.05, 0.1) is 17.7 Å². The van der Waals surface area contributed by atoms with E-state index in [1.807, 2.05) is 26.0 Å². The number of para-hydroxylation sites is 1. The number of ether oxygens (including phenoxy) is 1. The molecule has 10 heteroatoms. The Morgan fingerprint density at radius 2 is 1.59 bits per heavy atom. The number of nitrogens with one attached hydrogen (secondary N) is 1. The largest absolute Gasteiger partial charge is 0.497 e. The molecule has 0 radical (unpaired) electrons. The number of sulfonamides is 1. The second kappa shape index (κ2) is 14.0. The molecule has 1 atom stereocenters. The maximum Gasteiger partial charge on any atom is 0.264 e. The summed E-state index contributed by atoms with van der Waals surface area (Å²) < 4.78 is 33.8. The molecule has 8 nitrogen and oxygen atoms in total. The quantitative estimate of drug-likeness (QED) is 0.315. The topological polar surface area (TPSA) is 96.0 Å². The number of amides is 2. The summed E-state index contributed by atoms with van der Waals surface area (Å²) in [5, 5.41) is 3.27. The van der Waals surface area contributed by atoms with Gasteiger partial charge in [0.2, 0.25) is 11.8 Å². The highest BCUT2D eigenvalue weighted by Crippen LogP contribution is 2.26. The maximum absolute atomic E-state index is 14.0. The van der Waals surface area contributed by atoms with Crippen LogP contribution in [0.5, 0.6) is 5.75 Å². The first-order valence-electron chi connectivity index (χ1n) is 12.7. The fraction of sp³-hybridized carbons (Fsp3) is 0.310. The predicted octanol–water partition coefficient (Wildman–Crippen LogP) is 4.88. The fourth-order valence-corrected chi connectivity index (χ4v) is 5.61. The lowest BCUT2D eigenvalue weighted by Crippen LogP contribution is -2.52. The Kier molecular flexibility index (Phi) is 10.8. The number of halogens is 1. The molecular weight excluding hydrogens is 538 g/mol. The zero-order valence-electron chi connectivity index (χ0n) is 22.3. The molecule has 0 aromatic heterocycles. The zero-order chi connectivity index (χ0) is 28.4. The van der Waals surface area contributed by atoms with Gasteiger partial charge in [0.1, 0.15) is 18.3 Å². The minimum Gasteiger partial charge on any atom is -0.497 e. The molecule has 3 aromatic carbocycles. The molecule has 0 heterocycles. The predicted molar refractivity (Wildman–Crippen MR) is 153 cm³/mol. The van der Waals surface area contributed by atoms with E-state index in [0.29, 0.717) is 29.4 Å². The lowest BCUT2D eigenvalue weighted by atomic mass is 10.1. The number of nitrogens with zero attached hydrogens (tertiary/aromatic N) is 2. The Morgan fingerprint density at radius 3 is 2.15 bits per heavy atom. The summed E-state index contributed by atoms with van der Waals surface area (Å²) in [5.41, 5.74) is 1.10. The van der Waals surface area contributed by atoms with Gasteiger partial charge in [0, 0.05) is 18.1 Å². The number of carbonyl (C=O) groups is 2. The summed E-state index contributed by atoms with van der Waals surface area (Å²) >= 11 is 5.98. The minimum absolute atomic E-state index is 0.00186. The molecule has 0 bridgehead atoms. The van der Waals surface area contributed by atoms with E-state index in [4.69, 9.17) is 16.3 Å². The van der Waals surface area contributed by atoms with Crippen LogP contribution < -0.4 is 14.4 Å². The number of benzene rings is 3. The van der Waals surface area contributed by atoms with Crippen LogP contribution in [0.4, 0.5) is 5.69 Å². The molecule has 39 heavy (non-hydrogen) atoms. The van der Waals surface area contributed by atoms with E-state index in [2.05, 4.69) is 5.32 Å². The van der Waals surface area contributed by atoms with Crippen LogP contribution in [0.2, 0.25) is 5.02 Å². The van der Waals surface area contributed by atoms with Gasteiger partial charge < -0.3 is 15.0 Å². The fourth-order valence-electron chi connectivity index (χ4n) is 4.07. The van der Waals surface area contributed by atoms with Crippen molar-refractivity contribution >= 4 is 39.1 Å². The van der Waals surface area contributed by atoms with Crippen LogP contribution in [-0.4, -0.2) is 51.4 Å². The summed E-state index contributed by atoms with van der Waals surface area (Å²) in [6.45, 7) is 3.86. The smallest absolute Gasteiger partial charge is 0.264 e. The van der Waals surface area contributed by atoms with Crippen molar-refractivity contribution < 1.29 is 22.7 Å². The molecule has 208 valence electrons. The van der Waals surface area contributed by atoms with Crippen LogP contribution in [0.25, 0.3) is 0 Å².